The minimum Gasteiger partial charge on any atom is -0.300 e. The lowest BCUT2D eigenvalue weighted by atomic mass is 9.87. The molecule has 1 aromatic rings. The van der Waals surface area contributed by atoms with Gasteiger partial charge in [0.15, 0.2) is 0 Å². The quantitative estimate of drug-likeness (QED) is 0.693. The van der Waals surface area contributed by atoms with E-state index in [4.69, 9.17) is 0 Å². The second-order valence-corrected chi connectivity index (χ2v) is 6.38. The number of halogens is 1. The summed E-state index contributed by atoms with van der Waals surface area (Å²) in [4.78, 5) is 4.22. The predicted octanol–water partition coefficient (Wildman–Crippen LogP) is 4.81. The zero-order valence-corrected chi connectivity index (χ0v) is 14.7. The van der Waals surface area contributed by atoms with Gasteiger partial charge in [0.05, 0.1) is 0 Å². The molecule has 0 unspecified atom stereocenters. The molecular weight excluding hydrogens is 286 g/mol. The van der Waals surface area contributed by atoms with Crippen LogP contribution in [0.5, 0.6) is 0 Å². The van der Waals surface area contributed by atoms with Crippen LogP contribution in [0.25, 0.3) is 0 Å². The number of benzene rings is 1. The van der Waals surface area contributed by atoms with Crippen LogP contribution in [-0.2, 0) is 12.8 Å². The molecule has 0 fully saturated rings. The third-order valence-electron chi connectivity index (χ3n) is 4.17. The predicted molar refractivity (Wildman–Crippen MR) is 93.4 cm³/mol. The van der Waals surface area contributed by atoms with Gasteiger partial charge < -0.3 is 4.90 Å². The largest absolute Gasteiger partial charge is 0.300 e. The van der Waals surface area contributed by atoms with Gasteiger partial charge in [-0.3, -0.25) is 0 Å². The molecule has 0 N–H and O–H groups in total. The Morgan fingerprint density at radius 1 is 1.20 bits per heavy atom. The highest BCUT2D eigenvalue weighted by molar-refractivity contribution is 7.98. The second kappa shape index (κ2) is 8.96. The summed E-state index contributed by atoms with van der Waals surface area (Å²) in [5, 5.41) is 0. The van der Waals surface area contributed by atoms with Crippen LogP contribution in [0.4, 0.5) is 0 Å². The van der Waals surface area contributed by atoms with Gasteiger partial charge in [-0.1, -0.05) is 26.0 Å². The maximum Gasteiger partial charge on any atom is 0.0139 e. The normalized spacial score (nSPS) is 17.7. The van der Waals surface area contributed by atoms with Crippen molar-refractivity contribution in [1.29, 1.82) is 0 Å². The third-order valence-corrected chi connectivity index (χ3v) is 5.00. The molecule has 0 aromatic heterocycles. The molecule has 1 atom stereocenters. The Hall–Kier alpha value is -0.180. The summed E-state index contributed by atoms with van der Waals surface area (Å²) in [5.41, 5.74) is 3.22. The smallest absolute Gasteiger partial charge is 0.0139 e. The van der Waals surface area contributed by atoms with Gasteiger partial charge in [-0.15, -0.1) is 24.2 Å². The molecule has 0 radical (unpaired) electrons. The average Bonchev–Trinajstić information content (AvgIpc) is 2.46. The van der Waals surface area contributed by atoms with Crippen LogP contribution < -0.4 is 0 Å². The lowest BCUT2D eigenvalue weighted by molar-refractivity contribution is 0.179. The Kier molecular flexibility index (Phi) is 8.01. The van der Waals surface area contributed by atoms with Gasteiger partial charge >= 0.3 is 0 Å². The van der Waals surface area contributed by atoms with E-state index in [9.17, 15) is 0 Å². The molecule has 1 aromatic carbocycles. The topological polar surface area (TPSA) is 3.24 Å². The molecule has 114 valence electrons. The molecule has 0 saturated carbocycles. The Balaban J connectivity index is 0.00000200. The van der Waals surface area contributed by atoms with E-state index in [2.05, 4.69) is 43.2 Å². The number of aryl methyl sites for hydroxylation is 1. The third kappa shape index (κ3) is 4.16. The van der Waals surface area contributed by atoms with E-state index in [-0.39, 0.29) is 12.4 Å². The maximum atomic E-state index is 2.72. The lowest BCUT2D eigenvalue weighted by Crippen LogP contribution is -2.40. The van der Waals surface area contributed by atoms with Crippen molar-refractivity contribution in [3.05, 3.63) is 29.3 Å². The van der Waals surface area contributed by atoms with E-state index in [0.29, 0.717) is 0 Å². The fourth-order valence-electron chi connectivity index (χ4n) is 3.29. The number of rotatable bonds is 6. The molecule has 2 rings (SSSR count). The standard InChI is InChI=1S/C17H27NS.ClH/c1-4-11-18(12-5-2)15-10-9-14-7-6-8-17(19-3)16(14)13-15;/h6-8,15H,4-5,9-13H2,1-3H3;1H/t15-;/m0./s1. The number of nitrogens with zero attached hydrogens (tertiary/aromatic N) is 1. The number of hydrogen-bond acceptors (Lipinski definition) is 2. The molecule has 0 bridgehead atoms. The zero-order chi connectivity index (χ0) is 13.7. The average molecular weight is 314 g/mol. The van der Waals surface area contributed by atoms with Crippen molar-refractivity contribution in [2.45, 2.75) is 56.9 Å². The first-order chi connectivity index (χ1) is 9.30. The summed E-state index contributed by atoms with van der Waals surface area (Å²) >= 11 is 1.91. The first-order valence-corrected chi connectivity index (χ1v) is 8.91. The van der Waals surface area contributed by atoms with E-state index in [0.717, 1.165) is 6.04 Å². The van der Waals surface area contributed by atoms with Gasteiger partial charge in [0.25, 0.3) is 0 Å². The SMILES string of the molecule is CCCN(CCC)[C@H]1CCc2cccc(SC)c2C1.Cl. The van der Waals surface area contributed by atoms with Crippen molar-refractivity contribution in [2.24, 2.45) is 0 Å². The Morgan fingerprint density at radius 2 is 1.90 bits per heavy atom. The highest BCUT2D eigenvalue weighted by Gasteiger charge is 2.24. The van der Waals surface area contributed by atoms with Gasteiger partial charge in [-0.2, -0.15) is 0 Å². The minimum atomic E-state index is 0. The summed E-state index contributed by atoms with van der Waals surface area (Å²) in [7, 11) is 0. The first-order valence-electron chi connectivity index (χ1n) is 7.68. The molecule has 0 heterocycles. The van der Waals surface area contributed by atoms with Crippen LogP contribution in [0.3, 0.4) is 0 Å². The van der Waals surface area contributed by atoms with Gasteiger partial charge in [-0.25, -0.2) is 0 Å². The van der Waals surface area contributed by atoms with Crippen molar-refractivity contribution >= 4 is 24.2 Å². The Morgan fingerprint density at radius 3 is 2.50 bits per heavy atom. The van der Waals surface area contributed by atoms with Crippen molar-refractivity contribution in [2.75, 3.05) is 19.3 Å². The molecule has 3 heteroatoms. The highest BCUT2D eigenvalue weighted by Crippen LogP contribution is 2.31. The van der Waals surface area contributed by atoms with E-state index >= 15 is 0 Å². The van der Waals surface area contributed by atoms with Gasteiger partial charge in [0.2, 0.25) is 0 Å². The van der Waals surface area contributed by atoms with Crippen molar-refractivity contribution in [1.82, 2.24) is 4.90 Å². The summed E-state index contributed by atoms with van der Waals surface area (Å²) in [6.07, 6.45) is 8.60. The molecule has 1 nitrogen and oxygen atoms in total. The van der Waals surface area contributed by atoms with Crippen LogP contribution in [-0.4, -0.2) is 30.3 Å². The van der Waals surface area contributed by atoms with Crippen molar-refractivity contribution in [3.63, 3.8) is 0 Å². The van der Waals surface area contributed by atoms with Crippen LogP contribution in [0.15, 0.2) is 23.1 Å². The second-order valence-electron chi connectivity index (χ2n) is 5.53. The van der Waals surface area contributed by atoms with Crippen LogP contribution in [0.1, 0.15) is 44.2 Å². The van der Waals surface area contributed by atoms with Gasteiger partial charge in [-0.05, 0) is 68.6 Å². The number of thioether (sulfide) groups is 1. The van der Waals surface area contributed by atoms with Crippen LogP contribution in [0, 0.1) is 0 Å². The molecule has 1 aliphatic rings. The van der Waals surface area contributed by atoms with Gasteiger partial charge in [0, 0.05) is 10.9 Å². The number of hydrogen-bond donors (Lipinski definition) is 0. The summed E-state index contributed by atoms with van der Waals surface area (Å²) < 4.78 is 0. The van der Waals surface area contributed by atoms with Crippen molar-refractivity contribution in [3.8, 4) is 0 Å². The summed E-state index contributed by atoms with van der Waals surface area (Å²) in [6, 6.07) is 7.60. The lowest BCUT2D eigenvalue weighted by Gasteiger charge is -2.35. The van der Waals surface area contributed by atoms with E-state index < -0.39 is 0 Å². The number of fused-ring (bicyclic) bond motifs is 1. The molecule has 0 saturated heterocycles. The summed E-state index contributed by atoms with van der Waals surface area (Å²) in [5.74, 6) is 0. The minimum absolute atomic E-state index is 0. The van der Waals surface area contributed by atoms with E-state index in [1.807, 2.05) is 11.8 Å². The fourth-order valence-corrected chi connectivity index (χ4v) is 3.97. The zero-order valence-electron chi connectivity index (χ0n) is 13.0. The molecule has 0 aliphatic heterocycles. The first kappa shape index (κ1) is 17.9. The fraction of sp³-hybridized carbons (Fsp3) is 0.647. The monoisotopic (exact) mass is 313 g/mol. The highest BCUT2D eigenvalue weighted by atomic mass is 35.5. The molecule has 0 amide bonds. The molecule has 20 heavy (non-hydrogen) atoms. The van der Waals surface area contributed by atoms with E-state index in [1.165, 1.54) is 50.1 Å². The maximum absolute atomic E-state index is 2.72. The Labute approximate surface area is 134 Å². The molecule has 1 aliphatic carbocycles. The molecular formula is C17H28ClNS. The molecule has 0 spiro atoms. The summed E-state index contributed by atoms with van der Waals surface area (Å²) in [6.45, 7) is 7.12. The van der Waals surface area contributed by atoms with Gasteiger partial charge in [0.1, 0.15) is 0 Å². The van der Waals surface area contributed by atoms with E-state index in [1.54, 1.807) is 11.1 Å². The van der Waals surface area contributed by atoms with Crippen molar-refractivity contribution < 1.29 is 0 Å². The Bertz CT molecular complexity index is 388. The van der Waals surface area contributed by atoms with Crippen LogP contribution >= 0.6 is 24.2 Å². The van der Waals surface area contributed by atoms with Crippen LogP contribution in [0.2, 0.25) is 0 Å².